The number of nitrogens with zero attached hydrogens (tertiary/aromatic N) is 1. The minimum absolute atomic E-state index is 0.0476. The molecule has 0 aromatic heterocycles. The van der Waals surface area contributed by atoms with Gasteiger partial charge < -0.3 is 0 Å². The number of halogens is 1. The van der Waals surface area contributed by atoms with Crippen LogP contribution in [0.2, 0.25) is 5.02 Å². The van der Waals surface area contributed by atoms with Crippen LogP contribution in [0, 0.1) is 15.5 Å². The molecular formula is C12H15ClN2O5S. The zero-order chi connectivity index (χ0) is 16.4. The smallest absolute Gasteiger partial charge is 0.290 e. The molecule has 21 heavy (non-hydrogen) atoms. The minimum Gasteiger partial charge on any atom is -0.298 e. The summed E-state index contributed by atoms with van der Waals surface area (Å²) < 4.78 is 26.3. The molecule has 0 aliphatic carbocycles. The fraction of sp³-hybridized carbons (Fsp3) is 0.417. The molecule has 1 aromatic rings. The standard InChI is InChI=1S/C12H15ClN2O5S/c1-12(2,3)11(16)7-14-21(19,20)10-5-4-8(13)6-9(10)15(17)18/h4-6,14H,7H2,1-3H3. The third-order valence-electron chi connectivity index (χ3n) is 2.67. The Bertz CT molecular complexity index is 679. The first-order valence-electron chi connectivity index (χ1n) is 5.92. The van der Waals surface area contributed by atoms with Gasteiger partial charge in [0.05, 0.1) is 11.5 Å². The average Bonchev–Trinajstić information content (AvgIpc) is 2.34. The molecule has 0 unspecified atom stereocenters. The molecule has 0 saturated heterocycles. The van der Waals surface area contributed by atoms with Crippen LogP contribution in [0.15, 0.2) is 23.1 Å². The van der Waals surface area contributed by atoms with E-state index in [0.29, 0.717) is 0 Å². The number of hydrogen-bond acceptors (Lipinski definition) is 5. The molecule has 0 aliphatic heterocycles. The Hall–Kier alpha value is -1.51. The number of carbonyl (C=O) groups is 1. The molecule has 9 heteroatoms. The summed E-state index contributed by atoms with van der Waals surface area (Å²) >= 11 is 5.62. The molecule has 116 valence electrons. The van der Waals surface area contributed by atoms with E-state index in [4.69, 9.17) is 11.6 Å². The number of nitro benzene ring substituents is 1. The van der Waals surface area contributed by atoms with Crippen LogP contribution < -0.4 is 4.72 Å². The maximum Gasteiger partial charge on any atom is 0.290 e. The normalized spacial score (nSPS) is 12.2. The van der Waals surface area contributed by atoms with Gasteiger partial charge in [-0.3, -0.25) is 14.9 Å². The molecule has 1 rings (SSSR count). The van der Waals surface area contributed by atoms with Crippen molar-refractivity contribution in [3.05, 3.63) is 33.3 Å². The highest BCUT2D eigenvalue weighted by atomic mass is 35.5. The Labute approximate surface area is 127 Å². The molecule has 0 aliphatic rings. The van der Waals surface area contributed by atoms with Crippen LogP contribution in [0.4, 0.5) is 5.69 Å². The summed E-state index contributed by atoms with van der Waals surface area (Å²) in [4.78, 5) is 21.3. The molecule has 7 nitrogen and oxygen atoms in total. The second kappa shape index (κ2) is 6.08. The fourth-order valence-corrected chi connectivity index (χ4v) is 2.66. The Morgan fingerprint density at radius 3 is 2.43 bits per heavy atom. The Morgan fingerprint density at radius 2 is 1.95 bits per heavy atom. The number of ketones is 1. The van der Waals surface area contributed by atoms with Gasteiger partial charge in [-0.15, -0.1) is 0 Å². The molecular weight excluding hydrogens is 320 g/mol. The summed E-state index contributed by atoms with van der Waals surface area (Å²) in [7, 11) is -4.18. The zero-order valence-corrected chi connectivity index (χ0v) is 13.3. The van der Waals surface area contributed by atoms with Gasteiger partial charge in [-0.1, -0.05) is 32.4 Å². The van der Waals surface area contributed by atoms with E-state index in [1.165, 1.54) is 6.07 Å². The third-order valence-corrected chi connectivity index (χ3v) is 4.35. The van der Waals surface area contributed by atoms with Gasteiger partial charge in [-0.25, -0.2) is 13.1 Å². The number of Topliss-reactive ketones (excluding diaryl/α,β-unsaturated/α-hetero) is 1. The molecule has 0 heterocycles. The molecule has 0 saturated carbocycles. The van der Waals surface area contributed by atoms with Crippen LogP contribution in [0.25, 0.3) is 0 Å². The van der Waals surface area contributed by atoms with E-state index in [0.717, 1.165) is 12.1 Å². The summed E-state index contributed by atoms with van der Waals surface area (Å²) in [6.45, 7) is 4.50. The van der Waals surface area contributed by atoms with Gasteiger partial charge in [0, 0.05) is 16.5 Å². The summed E-state index contributed by atoms with van der Waals surface area (Å²) in [6, 6.07) is 3.21. The van der Waals surface area contributed by atoms with Gasteiger partial charge in [0.1, 0.15) is 0 Å². The molecule has 1 N–H and O–H groups in total. The number of carbonyl (C=O) groups excluding carboxylic acids is 1. The molecule has 0 amide bonds. The molecule has 1 aromatic carbocycles. The Morgan fingerprint density at radius 1 is 1.38 bits per heavy atom. The van der Waals surface area contributed by atoms with Crippen molar-refractivity contribution in [1.29, 1.82) is 0 Å². The van der Waals surface area contributed by atoms with Crippen molar-refractivity contribution in [3.8, 4) is 0 Å². The van der Waals surface area contributed by atoms with Crippen molar-refractivity contribution in [2.45, 2.75) is 25.7 Å². The van der Waals surface area contributed by atoms with Crippen LogP contribution in [0.3, 0.4) is 0 Å². The maximum absolute atomic E-state index is 12.1. The minimum atomic E-state index is -4.18. The summed E-state index contributed by atoms with van der Waals surface area (Å²) in [6.07, 6.45) is 0. The van der Waals surface area contributed by atoms with Crippen LogP contribution in [-0.2, 0) is 14.8 Å². The molecule has 0 radical (unpaired) electrons. The van der Waals surface area contributed by atoms with Crippen molar-refractivity contribution < 1.29 is 18.1 Å². The van der Waals surface area contributed by atoms with E-state index in [1.807, 2.05) is 0 Å². The van der Waals surface area contributed by atoms with Crippen LogP contribution in [-0.4, -0.2) is 25.7 Å². The summed E-state index contributed by atoms with van der Waals surface area (Å²) in [5.41, 5.74) is -1.35. The van der Waals surface area contributed by atoms with E-state index >= 15 is 0 Å². The van der Waals surface area contributed by atoms with Crippen molar-refractivity contribution in [3.63, 3.8) is 0 Å². The lowest BCUT2D eigenvalue weighted by atomic mass is 9.91. The molecule has 0 atom stereocenters. The highest BCUT2D eigenvalue weighted by Gasteiger charge is 2.28. The molecule has 0 fully saturated rings. The highest BCUT2D eigenvalue weighted by Crippen LogP contribution is 2.27. The first-order chi connectivity index (χ1) is 9.45. The lowest BCUT2D eigenvalue weighted by Gasteiger charge is -2.16. The van der Waals surface area contributed by atoms with E-state index in [-0.39, 0.29) is 10.8 Å². The number of sulfonamides is 1. The molecule has 0 spiro atoms. The predicted molar refractivity (Wildman–Crippen MR) is 77.8 cm³/mol. The van der Waals surface area contributed by atoms with Crippen molar-refractivity contribution in [2.75, 3.05) is 6.54 Å². The topological polar surface area (TPSA) is 106 Å². The number of rotatable bonds is 5. The molecule has 0 bridgehead atoms. The van der Waals surface area contributed by atoms with Crippen LogP contribution in [0.5, 0.6) is 0 Å². The van der Waals surface area contributed by atoms with Gasteiger partial charge >= 0.3 is 0 Å². The summed E-state index contributed by atoms with van der Waals surface area (Å²) in [5, 5.41) is 11.0. The van der Waals surface area contributed by atoms with Crippen LogP contribution in [0.1, 0.15) is 20.8 Å². The Balaban J connectivity index is 3.10. The van der Waals surface area contributed by atoms with Gasteiger partial charge in [0.2, 0.25) is 10.0 Å². The quantitative estimate of drug-likeness (QED) is 0.655. The van der Waals surface area contributed by atoms with E-state index < -0.39 is 37.5 Å². The average molecular weight is 335 g/mol. The second-order valence-corrected chi connectivity index (χ2v) is 7.54. The summed E-state index contributed by atoms with van der Waals surface area (Å²) in [5.74, 6) is -0.331. The first-order valence-corrected chi connectivity index (χ1v) is 7.78. The maximum atomic E-state index is 12.1. The van der Waals surface area contributed by atoms with E-state index in [9.17, 15) is 23.3 Å². The number of hydrogen-bond donors (Lipinski definition) is 1. The fourth-order valence-electron chi connectivity index (χ4n) is 1.36. The largest absolute Gasteiger partial charge is 0.298 e. The predicted octanol–water partition coefficient (Wildman–Crippen LogP) is 2.14. The second-order valence-electron chi connectivity index (χ2n) is 5.37. The number of nitro groups is 1. The van der Waals surface area contributed by atoms with Crippen molar-refractivity contribution in [1.82, 2.24) is 4.72 Å². The van der Waals surface area contributed by atoms with E-state index in [1.54, 1.807) is 20.8 Å². The van der Waals surface area contributed by atoms with Gasteiger partial charge in [-0.2, -0.15) is 0 Å². The first kappa shape index (κ1) is 17.5. The van der Waals surface area contributed by atoms with Gasteiger partial charge in [0.15, 0.2) is 10.7 Å². The van der Waals surface area contributed by atoms with Crippen molar-refractivity contribution in [2.24, 2.45) is 5.41 Å². The zero-order valence-electron chi connectivity index (χ0n) is 11.7. The number of benzene rings is 1. The lowest BCUT2D eigenvalue weighted by molar-refractivity contribution is -0.387. The van der Waals surface area contributed by atoms with Crippen LogP contribution >= 0.6 is 11.6 Å². The van der Waals surface area contributed by atoms with Gasteiger partial charge in [-0.05, 0) is 12.1 Å². The third kappa shape index (κ3) is 4.48. The number of nitrogens with one attached hydrogen (secondary N) is 1. The SMILES string of the molecule is CC(C)(C)C(=O)CNS(=O)(=O)c1ccc(Cl)cc1[N+](=O)[O-]. The highest BCUT2D eigenvalue weighted by molar-refractivity contribution is 7.89. The monoisotopic (exact) mass is 334 g/mol. The Kier molecular flexibility index (Phi) is 5.08. The van der Waals surface area contributed by atoms with Crippen molar-refractivity contribution >= 4 is 33.1 Å². The van der Waals surface area contributed by atoms with Gasteiger partial charge in [0.25, 0.3) is 5.69 Å². The van der Waals surface area contributed by atoms with E-state index in [2.05, 4.69) is 4.72 Å². The lowest BCUT2D eigenvalue weighted by Crippen LogP contribution is -2.35.